The van der Waals surface area contributed by atoms with Crippen LogP contribution >= 0.6 is 0 Å². The van der Waals surface area contributed by atoms with Crippen molar-refractivity contribution in [3.63, 3.8) is 0 Å². The van der Waals surface area contributed by atoms with Crippen molar-refractivity contribution >= 4 is 23.4 Å². The zero-order valence-corrected chi connectivity index (χ0v) is 11.3. The number of hydrogen-bond donors (Lipinski definition) is 3. The summed E-state index contributed by atoms with van der Waals surface area (Å²) in [6.07, 6.45) is 0.143. The SMILES string of the molecule is CCC(C)(NC(=O)Nc1ccc([N+](=O)[O-])c(F)c1)C(=O)O. The minimum Gasteiger partial charge on any atom is -0.480 e. The summed E-state index contributed by atoms with van der Waals surface area (Å²) in [6, 6.07) is 1.98. The Morgan fingerprint density at radius 2 is 2.10 bits per heavy atom. The molecule has 1 aromatic carbocycles. The molecule has 8 nitrogen and oxygen atoms in total. The Balaban J connectivity index is 2.82. The third-order valence-electron chi connectivity index (χ3n) is 2.97. The third kappa shape index (κ3) is 3.88. The molecule has 1 atom stereocenters. The van der Waals surface area contributed by atoms with E-state index in [0.717, 1.165) is 18.2 Å². The van der Waals surface area contributed by atoms with E-state index in [0.29, 0.717) is 0 Å². The van der Waals surface area contributed by atoms with Crippen LogP contribution in [0, 0.1) is 15.9 Å². The van der Waals surface area contributed by atoms with Crippen LogP contribution in [0.2, 0.25) is 0 Å². The summed E-state index contributed by atoms with van der Waals surface area (Å²) in [7, 11) is 0. The third-order valence-corrected chi connectivity index (χ3v) is 2.97. The quantitative estimate of drug-likeness (QED) is 0.567. The Hall–Kier alpha value is -2.71. The summed E-state index contributed by atoms with van der Waals surface area (Å²) in [5.41, 5.74) is -2.21. The molecule has 0 aliphatic rings. The van der Waals surface area contributed by atoms with Crippen molar-refractivity contribution in [2.75, 3.05) is 5.32 Å². The highest BCUT2D eigenvalue weighted by Crippen LogP contribution is 2.21. The Kier molecular flexibility index (Phi) is 4.79. The monoisotopic (exact) mass is 299 g/mol. The van der Waals surface area contributed by atoms with Gasteiger partial charge in [0.25, 0.3) is 0 Å². The summed E-state index contributed by atoms with van der Waals surface area (Å²) in [4.78, 5) is 32.3. The van der Waals surface area contributed by atoms with E-state index in [2.05, 4.69) is 10.6 Å². The van der Waals surface area contributed by atoms with Gasteiger partial charge in [-0.2, -0.15) is 4.39 Å². The molecule has 0 aliphatic carbocycles. The topological polar surface area (TPSA) is 122 Å². The average molecular weight is 299 g/mol. The van der Waals surface area contributed by atoms with Crippen molar-refractivity contribution in [3.8, 4) is 0 Å². The molecule has 0 heterocycles. The van der Waals surface area contributed by atoms with Crippen molar-refractivity contribution in [3.05, 3.63) is 34.1 Å². The largest absolute Gasteiger partial charge is 0.480 e. The number of carboxylic acids is 1. The van der Waals surface area contributed by atoms with Crippen LogP contribution in [0.5, 0.6) is 0 Å². The number of nitro groups is 1. The molecule has 1 unspecified atom stereocenters. The fourth-order valence-corrected chi connectivity index (χ4v) is 1.44. The molecule has 114 valence electrons. The van der Waals surface area contributed by atoms with Crippen LogP contribution < -0.4 is 10.6 Å². The molecule has 1 rings (SSSR count). The second kappa shape index (κ2) is 6.16. The average Bonchev–Trinajstić information content (AvgIpc) is 2.37. The minimum absolute atomic E-state index is 0.0283. The molecular formula is C12H14FN3O5. The number of benzene rings is 1. The van der Waals surface area contributed by atoms with Gasteiger partial charge in [0.05, 0.1) is 4.92 Å². The standard InChI is InChI=1S/C12H14FN3O5/c1-3-12(2,10(17)18)15-11(19)14-7-4-5-9(16(20)21)8(13)6-7/h4-6H,3H2,1-2H3,(H,17,18)(H2,14,15,19). The lowest BCUT2D eigenvalue weighted by Crippen LogP contribution is -2.53. The van der Waals surface area contributed by atoms with Gasteiger partial charge in [0.2, 0.25) is 5.82 Å². The lowest BCUT2D eigenvalue weighted by molar-refractivity contribution is -0.387. The van der Waals surface area contributed by atoms with E-state index in [4.69, 9.17) is 5.11 Å². The number of aliphatic carboxylic acids is 1. The number of carboxylic acid groups (broad SMARTS) is 1. The number of urea groups is 1. The van der Waals surface area contributed by atoms with Crippen LogP contribution in [-0.2, 0) is 4.79 Å². The molecule has 21 heavy (non-hydrogen) atoms. The van der Waals surface area contributed by atoms with E-state index >= 15 is 0 Å². The predicted octanol–water partition coefficient (Wildman–Crippen LogP) is 2.11. The van der Waals surface area contributed by atoms with Crippen molar-refractivity contribution in [1.29, 1.82) is 0 Å². The Morgan fingerprint density at radius 3 is 2.52 bits per heavy atom. The Labute approximate surface area is 119 Å². The van der Waals surface area contributed by atoms with Crippen molar-refractivity contribution in [2.45, 2.75) is 25.8 Å². The van der Waals surface area contributed by atoms with Gasteiger partial charge in [-0.1, -0.05) is 6.92 Å². The van der Waals surface area contributed by atoms with Gasteiger partial charge < -0.3 is 15.7 Å². The molecule has 0 aliphatic heterocycles. The first kappa shape index (κ1) is 16.3. The first-order chi connectivity index (χ1) is 9.69. The normalized spacial score (nSPS) is 13.1. The highest BCUT2D eigenvalue weighted by atomic mass is 19.1. The fourth-order valence-electron chi connectivity index (χ4n) is 1.44. The number of carbonyl (C=O) groups is 2. The number of anilines is 1. The van der Waals surface area contributed by atoms with Gasteiger partial charge in [0, 0.05) is 17.8 Å². The number of nitrogens with one attached hydrogen (secondary N) is 2. The number of carbonyl (C=O) groups excluding carboxylic acids is 1. The van der Waals surface area contributed by atoms with E-state index in [9.17, 15) is 24.1 Å². The maximum absolute atomic E-state index is 13.4. The van der Waals surface area contributed by atoms with Crippen LogP contribution in [0.4, 0.5) is 20.6 Å². The molecular weight excluding hydrogens is 285 g/mol. The molecule has 9 heteroatoms. The lowest BCUT2D eigenvalue weighted by Gasteiger charge is -2.24. The van der Waals surface area contributed by atoms with E-state index in [1.807, 2.05) is 0 Å². The number of rotatable bonds is 5. The summed E-state index contributed by atoms with van der Waals surface area (Å²) < 4.78 is 13.4. The predicted molar refractivity (Wildman–Crippen MR) is 71.5 cm³/mol. The highest BCUT2D eigenvalue weighted by molar-refractivity contribution is 5.93. The molecule has 1 aromatic rings. The molecule has 0 spiro atoms. The maximum Gasteiger partial charge on any atom is 0.329 e. The molecule has 0 radical (unpaired) electrons. The second-order valence-electron chi connectivity index (χ2n) is 4.49. The molecule has 0 saturated heterocycles. The zero-order valence-electron chi connectivity index (χ0n) is 11.3. The van der Waals surface area contributed by atoms with Gasteiger partial charge in [-0.25, -0.2) is 9.59 Å². The Bertz CT molecular complexity index is 592. The van der Waals surface area contributed by atoms with Gasteiger partial charge in [0.15, 0.2) is 0 Å². The number of hydrogen-bond acceptors (Lipinski definition) is 4. The first-order valence-electron chi connectivity index (χ1n) is 5.96. The minimum atomic E-state index is -1.47. The summed E-state index contributed by atoms with van der Waals surface area (Å²) in [5.74, 6) is -2.32. The van der Waals surface area contributed by atoms with Crippen LogP contribution in [0.25, 0.3) is 0 Å². The van der Waals surface area contributed by atoms with Crippen LogP contribution in [0.3, 0.4) is 0 Å². The van der Waals surface area contributed by atoms with Gasteiger partial charge in [0.1, 0.15) is 5.54 Å². The fraction of sp³-hybridized carbons (Fsp3) is 0.333. The van der Waals surface area contributed by atoms with Crippen molar-refractivity contribution < 1.29 is 24.0 Å². The lowest BCUT2D eigenvalue weighted by atomic mass is 10.00. The van der Waals surface area contributed by atoms with Crippen LogP contribution in [-0.4, -0.2) is 27.6 Å². The molecule has 0 bridgehead atoms. The molecule has 0 fully saturated rings. The zero-order chi connectivity index (χ0) is 16.2. The van der Waals surface area contributed by atoms with E-state index in [1.165, 1.54) is 6.92 Å². The summed E-state index contributed by atoms with van der Waals surface area (Å²) in [5, 5.41) is 23.9. The van der Waals surface area contributed by atoms with Crippen molar-refractivity contribution in [2.24, 2.45) is 0 Å². The second-order valence-corrected chi connectivity index (χ2v) is 4.49. The van der Waals surface area contributed by atoms with Gasteiger partial charge in [-0.05, 0) is 19.4 Å². The molecule has 2 amide bonds. The summed E-state index contributed by atoms with van der Waals surface area (Å²) >= 11 is 0. The summed E-state index contributed by atoms with van der Waals surface area (Å²) in [6.45, 7) is 2.91. The van der Waals surface area contributed by atoms with Gasteiger partial charge >= 0.3 is 17.7 Å². The molecule has 3 N–H and O–H groups in total. The van der Waals surface area contributed by atoms with E-state index in [-0.39, 0.29) is 12.1 Å². The van der Waals surface area contributed by atoms with E-state index < -0.39 is 34.0 Å². The smallest absolute Gasteiger partial charge is 0.329 e. The highest BCUT2D eigenvalue weighted by Gasteiger charge is 2.32. The molecule has 0 aromatic heterocycles. The number of amides is 2. The van der Waals surface area contributed by atoms with Gasteiger partial charge in [-0.15, -0.1) is 0 Å². The van der Waals surface area contributed by atoms with Crippen LogP contribution in [0.15, 0.2) is 18.2 Å². The van der Waals surface area contributed by atoms with Crippen molar-refractivity contribution in [1.82, 2.24) is 5.32 Å². The maximum atomic E-state index is 13.4. The first-order valence-corrected chi connectivity index (χ1v) is 5.96. The number of nitrogens with zero attached hydrogens (tertiary/aromatic N) is 1. The Morgan fingerprint density at radius 1 is 1.48 bits per heavy atom. The van der Waals surface area contributed by atoms with Gasteiger partial charge in [-0.3, -0.25) is 10.1 Å². The van der Waals surface area contributed by atoms with E-state index in [1.54, 1.807) is 6.92 Å². The number of halogens is 1. The molecule has 0 saturated carbocycles. The van der Waals surface area contributed by atoms with Crippen LogP contribution in [0.1, 0.15) is 20.3 Å². The number of nitro benzene ring substituents is 1.